The minimum absolute atomic E-state index is 0.186. The molecule has 2 aromatic rings. The van der Waals surface area contributed by atoms with E-state index in [1.165, 1.54) is 0 Å². The van der Waals surface area contributed by atoms with Gasteiger partial charge in [0.1, 0.15) is 12.4 Å². The van der Waals surface area contributed by atoms with Gasteiger partial charge in [-0.05, 0) is 47.7 Å². The van der Waals surface area contributed by atoms with Crippen molar-refractivity contribution in [3.05, 3.63) is 47.5 Å². The van der Waals surface area contributed by atoms with E-state index in [9.17, 15) is 9.59 Å². The van der Waals surface area contributed by atoms with Crippen molar-refractivity contribution in [1.82, 2.24) is 5.32 Å². The molecule has 0 spiro atoms. The van der Waals surface area contributed by atoms with Crippen LogP contribution >= 0.6 is 0 Å². The predicted octanol–water partition coefficient (Wildman–Crippen LogP) is 2.99. The number of carbonyl (C=O) groups is 2. The Bertz CT molecular complexity index is 860. The number of carbonyl (C=O) groups excluding carboxylic acids is 2. The summed E-state index contributed by atoms with van der Waals surface area (Å²) in [6.07, 6.45) is 0.949. The molecule has 2 amide bonds. The lowest BCUT2D eigenvalue weighted by molar-refractivity contribution is -0.134. The van der Waals surface area contributed by atoms with Crippen LogP contribution in [0.15, 0.2) is 36.4 Å². The first-order chi connectivity index (χ1) is 12.1. The molecule has 1 fully saturated rings. The third kappa shape index (κ3) is 2.86. The van der Waals surface area contributed by atoms with E-state index in [1.807, 2.05) is 31.2 Å². The first-order valence-electron chi connectivity index (χ1n) is 8.58. The summed E-state index contributed by atoms with van der Waals surface area (Å²) < 4.78 is 5.74. The lowest BCUT2D eigenvalue weighted by Crippen LogP contribution is -2.39. The molecule has 0 saturated carbocycles. The van der Waals surface area contributed by atoms with Crippen LogP contribution in [-0.2, 0) is 9.59 Å². The fourth-order valence-electron chi connectivity index (χ4n) is 3.64. The van der Waals surface area contributed by atoms with E-state index in [1.54, 1.807) is 0 Å². The summed E-state index contributed by atoms with van der Waals surface area (Å²) in [6.45, 7) is 3.51. The van der Waals surface area contributed by atoms with Crippen LogP contribution in [0.5, 0.6) is 5.75 Å². The maximum atomic E-state index is 12.2. The molecule has 4 rings (SSSR count). The number of rotatable bonds is 2. The standard InChI is InChI=1S/C20H20N2O3/c1-12-14(13-5-7-17-18(11-13)25-10-9-21-17)3-2-4-15(12)16-6-8-19(23)22-20(16)24/h2-5,7,11,16,21H,6,8-10H2,1H3,(H,22,23,24). The summed E-state index contributed by atoms with van der Waals surface area (Å²) in [5, 5.41) is 5.77. The second kappa shape index (κ2) is 6.24. The zero-order valence-corrected chi connectivity index (χ0v) is 14.1. The topological polar surface area (TPSA) is 67.4 Å². The van der Waals surface area contributed by atoms with Gasteiger partial charge in [0, 0.05) is 13.0 Å². The van der Waals surface area contributed by atoms with Crippen LogP contribution in [0.2, 0.25) is 0 Å². The van der Waals surface area contributed by atoms with Crippen LogP contribution in [-0.4, -0.2) is 25.0 Å². The highest BCUT2D eigenvalue weighted by atomic mass is 16.5. The summed E-state index contributed by atoms with van der Waals surface area (Å²) in [5.74, 6) is 0.201. The number of hydrogen-bond acceptors (Lipinski definition) is 4. The van der Waals surface area contributed by atoms with Crippen molar-refractivity contribution in [3.63, 3.8) is 0 Å². The van der Waals surface area contributed by atoms with Crippen LogP contribution in [0, 0.1) is 6.92 Å². The minimum Gasteiger partial charge on any atom is -0.490 e. The average Bonchev–Trinajstić information content (AvgIpc) is 2.62. The molecule has 0 radical (unpaired) electrons. The van der Waals surface area contributed by atoms with Gasteiger partial charge in [-0.15, -0.1) is 0 Å². The summed E-state index contributed by atoms with van der Waals surface area (Å²) in [5.41, 5.74) is 5.21. The van der Waals surface area contributed by atoms with E-state index in [0.717, 1.165) is 40.2 Å². The number of amides is 2. The summed E-state index contributed by atoms with van der Waals surface area (Å²) >= 11 is 0. The van der Waals surface area contributed by atoms with Gasteiger partial charge in [0.05, 0.1) is 11.6 Å². The molecule has 2 N–H and O–H groups in total. The second-order valence-electron chi connectivity index (χ2n) is 6.51. The molecule has 0 bridgehead atoms. The Morgan fingerprint density at radius 2 is 2.04 bits per heavy atom. The molecule has 2 heterocycles. The van der Waals surface area contributed by atoms with E-state index in [2.05, 4.69) is 22.8 Å². The largest absolute Gasteiger partial charge is 0.490 e. The van der Waals surface area contributed by atoms with E-state index in [4.69, 9.17) is 4.74 Å². The van der Waals surface area contributed by atoms with Crippen molar-refractivity contribution in [2.45, 2.75) is 25.7 Å². The second-order valence-corrected chi connectivity index (χ2v) is 6.51. The highest BCUT2D eigenvalue weighted by molar-refractivity contribution is 6.01. The molecule has 128 valence electrons. The Hall–Kier alpha value is -2.82. The Labute approximate surface area is 146 Å². The zero-order chi connectivity index (χ0) is 17.4. The van der Waals surface area contributed by atoms with Crippen molar-refractivity contribution in [2.24, 2.45) is 0 Å². The third-order valence-corrected chi connectivity index (χ3v) is 4.96. The quantitative estimate of drug-likeness (QED) is 0.828. The molecule has 0 aliphatic carbocycles. The summed E-state index contributed by atoms with van der Waals surface area (Å²) in [6, 6.07) is 12.1. The molecule has 0 aromatic heterocycles. The third-order valence-electron chi connectivity index (χ3n) is 4.96. The van der Waals surface area contributed by atoms with Crippen LogP contribution in [0.3, 0.4) is 0 Å². The Morgan fingerprint density at radius 1 is 1.16 bits per heavy atom. The molecule has 2 aliphatic heterocycles. The number of benzene rings is 2. The number of ether oxygens (including phenoxy) is 1. The molecule has 1 saturated heterocycles. The molecule has 5 heteroatoms. The van der Waals surface area contributed by atoms with Crippen molar-refractivity contribution in [2.75, 3.05) is 18.5 Å². The first kappa shape index (κ1) is 15.7. The number of imide groups is 1. The fourth-order valence-corrected chi connectivity index (χ4v) is 3.64. The van der Waals surface area contributed by atoms with Crippen molar-refractivity contribution in [1.29, 1.82) is 0 Å². The van der Waals surface area contributed by atoms with Crippen LogP contribution < -0.4 is 15.4 Å². The van der Waals surface area contributed by atoms with Gasteiger partial charge in [0.15, 0.2) is 0 Å². The van der Waals surface area contributed by atoms with Crippen molar-refractivity contribution in [3.8, 4) is 16.9 Å². The SMILES string of the molecule is Cc1c(-c2ccc3c(c2)OCCN3)cccc1C1CCC(=O)NC1=O. The van der Waals surface area contributed by atoms with Crippen molar-refractivity contribution >= 4 is 17.5 Å². The van der Waals surface area contributed by atoms with Crippen LogP contribution in [0.25, 0.3) is 11.1 Å². The molecule has 1 unspecified atom stereocenters. The molecule has 2 aromatic carbocycles. The molecule has 5 nitrogen and oxygen atoms in total. The monoisotopic (exact) mass is 336 g/mol. The predicted molar refractivity (Wildman–Crippen MR) is 95.7 cm³/mol. The van der Waals surface area contributed by atoms with Gasteiger partial charge in [0.25, 0.3) is 0 Å². The van der Waals surface area contributed by atoms with Gasteiger partial charge in [-0.3, -0.25) is 14.9 Å². The Morgan fingerprint density at radius 3 is 2.88 bits per heavy atom. The van der Waals surface area contributed by atoms with Gasteiger partial charge in [-0.25, -0.2) is 0 Å². The maximum absolute atomic E-state index is 12.2. The van der Waals surface area contributed by atoms with Gasteiger partial charge < -0.3 is 10.1 Å². The number of piperidine rings is 1. The molecule has 2 aliphatic rings. The highest BCUT2D eigenvalue weighted by Crippen LogP contribution is 2.37. The van der Waals surface area contributed by atoms with Gasteiger partial charge in [-0.2, -0.15) is 0 Å². The van der Waals surface area contributed by atoms with E-state index >= 15 is 0 Å². The van der Waals surface area contributed by atoms with E-state index in [-0.39, 0.29) is 17.7 Å². The zero-order valence-electron chi connectivity index (χ0n) is 14.1. The molecular formula is C20H20N2O3. The van der Waals surface area contributed by atoms with Crippen LogP contribution in [0.1, 0.15) is 29.9 Å². The first-order valence-corrected chi connectivity index (χ1v) is 8.58. The highest BCUT2D eigenvalue weighted by Gasteiger charge is 2.29. The van der Waals surface area contributed by atoms with Crippen molar-refractivity contribution < 1.29 is 14.3 Å². The summed E-state index contributed by atoms with van der Waals surface area (Å²) in [7, 11) is 0. The lowest BCUT2D eigenvalue weighted by atomic mass is 9.85. The normalized spacial score (nSPS) is 19.5. The smallest absolute Gasteiger partial charge is 0.234 e. The number of fused-ring (bicyclic) bond motifs is 1. The van der Waals surface area contributed by atoms with E-state index < -0.39 is 0 Å². The maximum Gasteiger partial charge on any atom is 0.234 e. The number of anilines is 1. The Kier molecular flexibility index (Phi) is 3.92. The van der Waals surface area contributed by atoms with Gasteiger partial charge in [-0.1, -0.05) is 24.3 Å². The van der Waals surface area contributed by atoms with Gasteiger partial charge >= 0.3 is 0 Å². The molecular weight excluding hydrogens is 316 g/mol. The number of nitrogens with one attached hydrogen (secondary N) is 2. The average molecular weight is 336 g/mol. The number of hydrogen-bond donors (Lipinski definition) is 2. The van der Waals surface area contributed by atoms with Gasteiger partial charge in [0.2, 0.25) is 11.8 Å². The fraction of sp³-hybridized carbons (Fsp3) is 0.300. The van der Waals surface area contributed by atoms with E-state index in [0.29, 0.717) is 19.4 Å². The lowest BCUT2D eigenvalue weighted by Gasteiger charge is -2.24. The minimum atomic E-state index is -0.270. The molecule has 25 heavy (non-hydrogen) atoms. The molecule has 1 atom stereocenters. The van der Waals surface area contributed by atoms with Crippen LogP contribution in [0.4, 0.5) is 5.69 Å². The summed E-state index contributed by atoms with van der Waals surface area (Å²) in [4.78, 5) is 23.6. The Balaban J connectivity index is 1.72.